The molecule has 0 aliphatic carbocycles. The molecule has 0 saturated heterocycles. The fraction of sp³-hybridized carbons (Fsp3) is 0.933. The summed E-state index contributed by atoms with van der Waals surface area (Å²) >= 11 is 0. The first-order valence-corrected chi connectivity index (χ1v) is 9.81. The maximum Gasteiger partial charge on any atom is 0.191 e. The molecule has 0 amide bonds. The predicted octanol–water partition coefficient (Wildman–Crippen LogP) is 2.04. The van der Waals surface area contributed by atoms with Crippen molar-refractivity contribution in [3.05, 3.63) is 0 Å². The number of aliphatic imine (C=N–C) groups is 1. The van der Waals surface area contributed by atoms with Gasteiger partial charge in [0.1, 0.15) is 9.84 Å². The molecule has 23 heavy (non-hydrogen) atoms. The van der Waals surface area contributed by atoms with Crippen LogP contribution in [0.4, 0.5) is 0 Å². The lowest BCUT2D eigenvalue weighted by molar-refractivity contribution is 0.0241. The summed E-state index contributed by atoms with van der Waals surface area (Å²) < 4.78 is 27.9. The van der Waals surface area contributed by atoms with E-state index in [-0.39, 0.29) is 47.3 Å². The van der Waals surface area contributed by atoms with Gasteiger partial charge in [-0.3, -0.25) is 4.99 Å². The molecule has 2 N–H and O–H groups in total. The van der Waals surface area contributed by atoms with E-state index < -0.39 is 9.84 Å². The maximum atomic E-state index is 11.2. The van der Waals surface area contributed by atoms with Crippen LogP contribution in [0.2, 0.25) is 0 Å². The van der Waals surface area contributed by atoms with E-state index in [2.05, 4.69) is 36.4 Å². The van der Waals surface area contributed by atoms with Crippen LogP contribution in [0.5, 0.6) is 0 Å². The average molecular weight is 463 g/mol. The van der Waals surface area contributed by atoms with E-state index >= 15 is 0 Å². The third-order valence-corrected chi connectivity index (χ3v) is 4.29. The summed E-state index contributed by atoms with van der Waals surface area (Å²) in [7, 11) is -1.24. The normalized spacial score (nSPS) is 15.5. The van der Waals surface area contributed by atoms with Crippen molar-refractivity contribution < 1.29 is 13.2 Å². The van der Waals surface area contributed by atoms with Crippen molar-refractivity contribution in [3.63, 3.8) is 0 Å². The number of guanidine groups is 1. The SMILES string of the molecule is CCNC(=NCC(OC)C(C)(C)C)NC(C)CCS(C)(=O)=O.I. The highest BCUT2D eigenvalue weighted by molar-refractivity contribution is 14.0. The van der Waals surface area contributed by atoms with E-state index in [1.807, 2.05) is 13.8 Å². The van der Waals surface area contributed by atoms with Crippen LogP contribution in [0.1, 0.15) is 41.0 Å². The maximum absolute atomic E-state index is 11.2. The second-order valence-electron chi connectivity index (χ2n) is 6.77. The van der Waals surface area contributed by atoms with Crippen molar-refractivity contribution in [2.45, 2.75) is 53.2 Å². The largest absolute Gasteiger partial charge is 0.379 e. The van der Waals surface area contributed by atoms with Gasteiger partial charge >= 0.3 is 0 Å². The number of rotatable bonds is 8. The van der Waals surface area contributed by atoms with Gasteiger partial charge in [-0.25, -0.2) is 8.42 Å². The Morgan fingerprint density at radius 1 is 1.30 bits per heavy atom. The Morgan fingerprint density at radius 3 is 2.26 bits per heavy atom. The number of nitrogens with one attached hydrogen (secondary N) is 2. The molecule has 0 aromatic rings. The summed E-state index contributed by atoms with van der Waals surface area (Å²) in [5.41, 5.74) is 0.0114. The number of hydrogen-bond acceptors (Lipinski definition) is 4. The van der Waals surface area contributed by atoms with Gasteiger partial charge in [0.15, 0.2) is 5.96 Å². The molecule has 6 nitrogen and oxygen atoms in total. The van der Waals surface area contributed by atoms with Gasteiger partial charge in [-0.1, -0.05) is 20.8 Å². The van der Waals surface area contributed by atoms with Crippen LogP contribution in [-0.2, 0) is 14.6 Å². The molecule has 8 heteroatoms. The van der Waals surface area contributed by atoms with Gasteiger partial charge in [-0.05, 0) is 25.7 Å². The first-order valence-electron chi connectivity index (χ1n) is 7.75. The molecule has 0 bridgehead atoms. The Kier molecular flexibility index (Phi) is 12.5. The second-order valence-corrected chi connectivity index (χ2v) is 9.03. The zero-order valence-corrected chi connectivity index (χ0v) is 18.6. The van der Waals surface area contributed by atoms with Gasteiger partial charge in [0.25, 0.3) is 0 Å². The third-order valence-electron chi connectivity index (χ3n) is 3.31. The number of hydrogen-bond donors (Lipinski definition) is 2. The highest BCUT2D eigenvalue weighted by atomic mass is 127. The zero-order valence-electron chi connectivity index (χ0n) is 15.5. The molecule has 140 valence electrons. The highest BCUT2D eigenvalue weighted by Crippen LogP contribution is 2.21. The van der Waals surface area contributed by atoms with E-state index in [1.165, 1.54) is 6.26 Å². The minimum atomic E-state index is -2.94. The van der Waals surface area contributed by atoms with Crippen LogP contribution in [0.15, 0.2) is 4.99 Å². The Hall–Kier alpha value is -0.0900. The number of nitrogens with zero attached hydrogens (tertiary/aromatic N) is 1. The lowest BCUT2D eigenvalue weighted by Gasteiger charge is -2.28. The van der Waals surface area contributed by atoms with Crippen LogP contribution >= 0.6 is 24.0 Å². The molecule has 0 aliphatic heterocycles. The quantitative estimate of drug-likeness (QED) is 0.327. The van der Waals surface area contributed by atoms with Crippen molar-refractivity contribution in [2.24, 2.45) is 10.4 Å². The molecule has 0 fully saturated rings. The topological polar surface area (TPSA) is 79.8 Å². The molecule has 0 aromatic carbocycles. The Morgan fingerprint density at radius 2 is 1.87 bits per heavy atom. The summed E-state index contributed by atoms with van der Waals surface area (Å²) in [5.74, 6) is 0.860. The van der Waals surface area contributed by atoms with Gasteiger partial charge in [0.2, 0.25) is 0 Å². The number of ether oxygens (including phenoxy) is 1. The number of methoxy groups -OCH3 is 1. The minimum Gasteiger partial charge on any atom is -0.379 e. The molecule has 0 heterocycles. The van der Waals surface area contributed by atoms with E-state index in [9.17, 15) is 8.42 Å². The standard InChI is InChI=1S/C15H33N3O3S.HI/c1-8-16-14(17-11-13(21-6)15(3,4)5)18-12(2)9-10-22(7,19)20;/h12-13H,8-11H2,1-7H3,(H2,16,17,18);1H. The highest BCUT2D eigenvalue weighted by Gasteiger charge is 2.24. The molecule has 0 radical (unpaired) electrons. The van der Waals surface area contributed by atoms with E-state index in [1.54, 1.807) is 7.11 Å². The molecular formula is C15H34IN3O3S. The van der Waals surface area contributed by atoms with E-state index in [0.29, 0.717) is 18.9 Å². The first-order chi connectivity index (χ1) is 9.99. The lowest BCUT2D eigenvalue weighted by Crippen LogP contribution is -2.43. The summed E-state index contributed by atoms with van der Waals surface area (Å²) in [6.07, 6.45) is 1.83. The van der Waals surface area contributed by atoms with Gasteiger partial charge < -0.3 is 15.4 Å². The average Bonchev–Trinajstić information content (AvgIpc) is 2.34. The van der Waals surface area contributed by atoms with Crippen LogP contribution < -0.4 is 10.6 Å². The molecule has 0 saturated carbocycles. The fourth-order valence-corrected chi connectivity index (χ4v) is 2.67. The second kappa shape index (κ2) is 11.5. The zero-order chi connectivity index (χ0) is 17.4. The first kappa shape index (κ1) is 25.2. The van der Waals surface area contributed by atoms with Gasteiger partial charge in [0.05, 0.1) is 18.4 Å². The van der Waals surface area contributed by atoms with Crippen molar-refractivity contribution in [3.8, 4) is 0 Å². The monoisotopic (exact) mass is 463 g/mol. The number of sulfone groups is 1. The lowest BCUT2D eigenvalue weighted by atomic mass is 9.89. The van der Waals surface area contributed by atoms with E-state index in [0.717, 1.165) is 6.54 Å². The van der Waals surface area contributed by atoms with Crippen molar-refractivity contribution in [2.75, 3.05) is 32.2 Å². The third kappa shape index (κ3) is 12.9. The van der Waals surface area contributed by atoms with E-state index in [4.69, 9.17) is 4.74 Å². The summed E-state index contributed by atoms with van der Waals surface area (Å²) in [6, 6.07) is 0.0307. The predicted molar refractivity (Wildman–Crippen MR) is 109 cm³/mol. The molecule has 2 unspecified atom stereocenters. The Labute approximate surface area is 159 Å². The molecule has 0 spiro atoms. The van der Waals surface area contributed by atoms with Crippen LogP contribution in [0.3, 0.4) is 0 Å². The van der Waals surface area contributed by atoms with Crippen molar-refractivity contribution >= 4 is 39.8 Å². The summed E-state index contributed by atoms with van der Waals surface area (Å²) in [5, 5.41) is 6.42. The Bertz CT molecular complexity index is 447. The molecule has 0 aliphatic rings. The minimum absolute atomic E-state index is 0. The van der Waals surface area contributed by atoms with Crippen LogP contribution in [0, 0.1) is 5.41 Å². The summed E-state index contributed by atoms with van der Waals surface area (Å²) in [6.45, 7) is 11.6. The van der Waals surface area contributed by atoms with Crippen molar-refractivity contribution in [1.82, 2.24) is 10.6 Å². The van der Waals surface area contributed by atoms with Gasteiger partial charge in [-0.2, -0.15) is 0 Å². The number of halogens is 1. The smallest absolute Gasteiger partial charge is 0.191 e. The molecule has 0 rings (SSSR count). The molecule has 0 aromatic heterocycles. The molecular weight excluding hydrogens is 429 g/mol. The fourth-order valence-electron chi connectivity index (χ4n) is 1.89. The van der Waals surface area contributed by atoms with Crippen LogP contribution in [0.25, 0.3) is 0 Å². The van der Waals surface area contributed by atoms with Crippen molar-refractivity contribution in [1.29, 1.82) is 0 Å². The Balaban J connectivity index is 0. The van der Waals surface area contributed by atoms with Gasteiger partial charge in [0, 0.05) is 26.0 Å². The van der Waals surface area contributed by atoms with Gasteiger partial charge in [-0.15, -0.1) is 24.0 Å². The van der Waals surface area contributed by atoms with Crippen LogP contribution in [-0.4, -0.2) is 58.7 Å². The summed E-state index contributed by atoms with van der Waals surface area (Å²) in [4.78, 5) is 4.56. The molecule has 2 atom stereocenters.